The highest BCUT2D eigenvalue weighted by atomic mass is 16.4. The Balaban J connectivity index is 1.65. The molecule has 0 aliphatic heterocycles. The van der Waals surface area contributed by atoms with E-state index in [1.54, 1.807) is 0 Å². The van der Waals surface area contributed by atoms with Crippen LogP contribution in [0.5, 0.6) is 0 Å². The summed E-state index contributed by atoms with van der Waals surface area (Å²) in [7, 11) is -1.33. The highest BCUT2D eigenvalue weighted by Crippen LogP contribution is 2.38. The number of carboxylic acid groups (broad SMARTS) is 1. The van der Waals surface area contributed by atoms with Crippen LogP contribution in [0, 0.1) is 5.92 Å². The fourth-order valence-electron chi connectivity index (χ4n) is 3.68. The number of hydrogen-bond donors (Lipinski definition) is 5. The van der Waals surface area contributed by atoms with Crippen LogP contribution in [0.4, 0.5) is 0 Å². The zero-order valence-corrected chi connectivity index (χ0v) is 15.3. The molecule has 26 heavy (non-hydrogen) atoms. The van der Waals surface area contributed by atoms with Crippen molar-refractivity contribution in [1.29, 1.82) is 0 Å². The van der Waals surface area contributed by atoms with E-state index in [1.807, 2.05) is 18.2 Å². The third-order valence-corrected chi connectivity index (χ3v) is 5.49. The zero-order valence-electron chi connectivity index (χ0n) is 15.3. The summed E-state index contributed by atoms with van der Waals surface area (Å²) in [5.74, 6) is -0.972. The molecular weight excluding hydrogens is 331 g/mol. The number of rotatable bonds is 12. The van der Waals surface area contributed by atoms with E-state index in [1.165, 1.54) is 5.56 Å². The van der Waals surface area contributed by atoms with E-state index < -0.39 is 18.6 Å². The predicted octanol–water partition coefficient (Wildman–Crippen LogP) is 1.41. The minimum absolute atomic E-state index is 0.0225. The summed E-state index contributed by atoms with van der Waals surface area (Å²) < 4.78 is 0. The molecule has 0 aromatic heterocycles. The molecule has 0 unspecified atom stereocenters. The van der Waals surface area contributed by atoms with Crippen molar-refractivity contribution in [2.24, 2.45) is 11.7 Å². The normalized spacial score (nSPS) is 21.7. The van der Waals surface area contributed by atoms with Crippen LogP contribution in [0.3, 0.4) is 0 Å². The second-order valence-corrected chi connectivity index (χ2v) is 7.48. The molecule has 0 spiro atoms. The summed E-state index contributed by atoms with van der Waals surface area (Å²) >= 11 is 0. The number of nitrogens with one attached hydrogen (secondary N) is 1. The largest absolute Gasteiger partial charge is 0.480 e. The maximum atomic E-state index is 11.7. The van der Waals surface area contributed by atoms with Gasteiger partial charge >= 0.3 is 13.1 Å². The molecule has 0 heterocycles. The summed E-state index contributed by atoms with van der Waals surface area (Å²) in [6.07, 6.45) is 5.46. The summed E-state index contributed by atoms with van der Waals surface area (Å²) in [4.78, 5) is 11.7. The van der Waals surface area contributed by atoms with Gasteiger partial charge in [-0.15, -0.1) is 0 Å². The van der Waals surface area contributed by atoms with Crippen molar-refractivity contribution in [2.45, 2.75) is 62.8 Å². The topological polar surface area (TPSA) is 116 Å². The predicted molar refractivity (Wildman–Crippen MR) is 103 cm³/mol. The lowest BCUT2D eigenvalue weighted by Crippen LogP contribution is -2.61. The fourth-order valence-corrected chi connectivity index (χ4v) is 3.68. The average molecular weight is 362 g/mol. The van der Waals surface area contributed by atoms with Gasteiger partial charge in [-0.05, 0) is 56.5 Å². The smallest absolute Gasteiger partial charge is 0.451 e. The first-order chi connectivity index (χ1) is 12.4. The highest BCUT2D eigenvalue weighted by Gasteiger charge is 2.47. The number of benzene rings is 1. The molecule has 144 valence electrons. The van der Waals surface area contributed by atoms with Crippen LogP contribution in [0.1, 0.15) is 44.1 Å². The van der Waals surface area contributed by atoms with Gasteiger partial charge < -0.3 is 26.2 Å². The van der Waals surface area contributed by atoms with E-state index in [0.717, 1.165) is 32.2 Å². The summed E-state index contributed by atoms with van der Waals surface area (Å²) in [6.45, 7) is 0.922. The number of carboxylic acids is 1. The second kappa shape index (κ2) is 10.1. The van der Waals surface area contributed by atoms with Crippen molar-refractivity contribution >= 4 is 13.1 Å². The van der Waals surface area contributed by atoms with E-state index in [-0.39, 0.29) is 12.2 Å². The van der Waals surface area contributed by atoms with Crippen molar-refractivity contribution in [3.8, 4) is 0 Å². The first kappa shape index (κ1) is 20.9. The first-order valence-electron chi connectivity index (χ1n) is 9.57. The second-order valence-electron chi connectivity index (χ2n) is 7.48. The van der Waals surface area contributed by atoms with Crippen molar-refractivity contribution in [1.82, 2.24) is 5.32 Å². The van der Waals surface area contributed by atoms with E-state index >= 15 is 0 Å². The Morgan fingerprint density at radius 3 is 2.50 bits per heavy atom. The van der Waals surface area contributed by atoms with Crippen LogP contribution in [-0.4, -0.2) is 46.4 Å². The van der Waals surface area contributed by atoms with Gasteiger partial charge in [-0.2, -0.15) is 0 Å². The molecular formula is C19H31BN2O4. The molecule has 0 amide bonds. The van der Waals surface area contributed by atoms with Crippen molar-refractivity contribution in [3.63, 3.8) is 0 Å². The summed E-state index contributed by atoms with van der Waals surface area (Å²) in [5, 5.41) is 30.8. The number of hydrogen-bond acceptors (Lipinski definition) is 5. The molecule has 0 radical (unpaired) electrons. The number of aryl methyl sites for hydroxylation is 1. The van der Waals surface area contributed by atoms with Gasteiger partial charge in [0.1, 0.15) is 5.54 Å². The number of carbonyl (C=O) groups is 1. The molecule has 6 N–H and O–H groups in total. The molecule has 1 aliphatic carbocycles. The maximum Gasteiger partial charge on any atom is 0.451 e. The van der Waals surface area contributed by atoms with Gasteiger partial charge in [-0.1, -0.05) is 43.2 Å². The van der Waals surface area contributed by atoms with E-state index in [9.17, 15) is 9.90 Å². The summed E-state index contributed by atoms with van der Waals surface area (Å²) in [5.41, 5.74) is 6.33. The van der Waals surface area contributed by atoms with E-state index in [2.05, 4.69) is 17.4 Å². The molecule has 1 aliphatic rings. The monoisotopic (exact) mass is 362 g/mol. The number of nitrogens with two attached hydrogens (primary N) is 1. The van der Waals surface area contributed by atoms with Crippen molar-refractivity contribution < 1.29 is 19.9 Å². The quantitative estimate of drug-likeness (QED) is 0.284. The van der Waals surface area contributed by atoms with Gasteiger partial charge in [0.2, 0.25) is 0 Å². The molecule has 6 nitrogen and oxygen atoms in total. The van der Waals surface area contributed by atoms with Gasteiger partial charge in [0.05, 0.1) is 0 Å². The molecule has 2 rings (SSSR count). The Hall–Kier alpha value is -1.41. The van der Waals surface area contributed by atoms with Gasteiger partial charge in [-0.3, -0.25) is 4.79 Å². The van der Waals surface area contributed by atoms with Gasteiger partial charge in [0.25, 0.3) is 0 Å². The molecule has 1 aromatic carbocycles. The lowest BCUT2D eigenvalue weighted by atomic mass is 9.66. The minimum Gasteiger partial charge on any atom is -0.480 e. The van der Waals surface area contributed by atoms with Crippen molar-refractivity contribution in [3.05, 3.63) is 35.9 Å². The minimum atomic E-state index is -1.33. The molecule has 1 saturated carbocycles. The highest BCUT2D eigenvalue weighted by molar-refractivity contribution is 6.40. The number of aliphatic carboxylic acids is 1. The van der Waals surface area contributed by atoms with Gasteiger partial charge in [-0.25, -0.2) is 0 Å². The van der Waals surface area contributed by atoms with Gasteiger partial charge in [0, 0.05) is 6.04 Å². The molecule has 1 aromatic rings. The Morgan fingerprint density at radius 1 is 1.19 bits per heavy atom. The van der Waals surface area contributed by atoms with Crippen LogP contribution in [0.2, 0.25) is 6.32 Å². The molecule has 1 atom stereocenters. The Morgan fingerprint density at radius 2 is 1.88 bits per heavy atom. The van der Waals surface area contributed by atoms with E-state index in [4.69, 9.17) is 15.8 Å². The third-order valence-electron chi connectivity index (χ3n) is 5.49. The fraction of sp³-hybridized carbons (Fsp3) is 0.632. The Kier molecular flexibility index (Phi) is 8.09. The van der Waals surface area contributed by atoms with Crippen LogP contribution in [-0.2, 0) is 11.2 Å². The Bertz CT molecular complexity index is 552. The third kappa shape index (κ3) is 6.09. The number of unbranched alkanes of at least 4 members (excludes halogenated alkanes) is 1. The average Bonchev–Trinajstić information content (AvgIpc) is 2.57. The van der Waals surface area contributed by atoms with Crippen LogP contribution in [0.15, 0.2) is 30.3 Å². The lowest BCUT2D eigenvalue weighted by molar-refractivity contribution is -0.148. The van der Waals surface area contributed by atoms with Gasteiger partial charge in [0.15, 0.2) is 0 Å². The first-order valence-corrected chi connectivity index (χ1v) is 9.57. The molecule has 1 fully saturated rings. The van der Waals surface area contributed by atoms with Crippen LogP contribution >= 0.6 is 0 Å². The van der Waals surface area contributed by atoms with E-state index in [0.29, 0.717) is 25.3 Å². The molecule has 0 saturated heterocycles. The van der Waals surface area contributed by atoms with Crippen molar-refractivity contribution in [2.75, 3.05) is 6.54 Å². The lowest BCUT2D eigenvalue weighted by Gasteiger charge is -2.45. The SMILES string of the molecule is N[C@](CCCCB(O)O)(C(=O)O)[C@H]1C[C@H](NCCCc2ccccc2)C1. The van der Waals surface area contributed by atoms with Crippen LogP contribution < -0.4 is 11.1 Å². The van der Waals surface area contributed by atoms with Crippen LogP contribution in [0.25, 0.3) is 0 Å². The Labute approximate surface area is 155 Å². The standard InChI is InChI=1S/C19H31BN2O4/c21-19(18(23)24,10-4-5-11-20(25)26)16-13-17(14-16)22-12-6-9-15-7-2-1-3-8-15/h1-3,7-8,16-17,22,25-26H,4-6,9-14,21H2,(H,23,24)/t16-,17-,19-/m0/s1. The summed E-state index contributed by atoms with van der Waals surface area (Å²) in [6, 6.07) is 10.7. The molecule has 7 heteroatoms. The maximum absolute atomic E-state index is 11.7. The molecule has 0 bridgehead atoms. The zero-order chi connectivity index (χ0) is 19.0.